The largest absolute Gasteiger partial charge is 0.354 e. The summed E-state index contributed by atoms with van der Waals surface area (Å²) >= 11 is 9.08. The Kier molecular flexibility index (Phi) is 6.31. The fraction of sp³-hybridized carbons (Fsp3) is 0.385. The number of hydrogen-bond donors (Lipinski definition) is 2. The topological polar surface area (TPSA) is 58.2 Å². The summed E-state index contributed by atoms with van der Waals surface area (Å²) in [6, 6.07) is 4.29. The van der Waals surface area contributed by atoms with E-state index < -0.39 is 6.04 Å². The highest BCUT2D eigenvalue weighted by Crippen LogP contribution is 2.21. The van der Waals surface area contributed by atoms with Gasteiger partial charge in [-0.3, -0.25) is 9.59 Å². The number of amides is 2. The number of carbonyl (C=O) groups excluding carboxylic acids is 2. The Balaban J connectivity index is 2.66. The van der Waals surface area contributed by atoms with E-state index in [0.717, 1.165) is 6.42 Å². The molecule has 1 unspecified atom stereocenters. The number of carbonyl (C=O) groups is 2. The molecular weight excluding hydrogens is 332 g/mol. The molecule has 0 radical (unpaired) electrons. The molecule has 104 valence electrons. The molecule has 1 rings (SSSR count). The summed E-state index contributed by atoms with van der Waals surface area (Å²) in [6.07, 6.45) is 0.856. The number of benzene rings is 1. The van der Waals surface area contributed by atoms with Crippen molar-refractivity contribution in [2.75, 3.05) is 6.54 Å². The fourth-order valence-corrected chi connectivity index (χ4v) is 2.28. The molecule has 0 fully saturated rings. The molecule has 4 nitrogen and oxygen atoms in total. The van der Waals surface area contributed by atoms with Crippen molar-refractivity contribution in [1.82, 2.24) is 10.6 Å². The Hall–Kier alpha value is -1.07. The van der Waals surface area contributed by atoms with Gasteiger partial charge < -0.3 is 10.6 Å². The maximum Gasteiger partial charge on any atom is 0.253 e. The van der Waals surface area contributed by atoms with Gasteiger partial charge in [-0.2, -0.15) is 0 Å². The zero-order valence-corrected chi connectivity index (χ0v) is 13.1. The third kappa shape index (κ3) is 4.84. The molecule has 1 aromatic carbocycles. The summed E-state index contributed by atoms with van der Waals surface area (Å²) in [5.41, 5.74) is 0.444. The first kappa shape index (κ1) is 16.0. The van der Waals surface area contributed by atoms with E-state index in [2.05, 4.69) is 26.6 Å². The molecule has 0 aliphatic rings. The van der Waals surface area contributed by atoms with Crippen molar-refractivity contribution in [3.63, 3.8) is 0 Å². The van der Waals surface area contributed by atoms with Gasteiger partial charge in [0.1, 0.15) is 6.04 Å². The Labute approximate surface area is 126 Å². The van der Waals surface area contributed by atoms with Gasteiger partial charge in [0.2, 0.25) is 5.91 Å². The third-order valence-corrected chi connectivity index (χ3v) is 3.36. The predicted molar refractivity (Wildman–Crippen MR) is 79.4 cm³/mol. The van der Waals surface area contributed by atoms with Gasteiger partial charge in [0.15, 0.2) is 0 Å². The molecule has 0 aliphatic heterocycles. The lowest BCUT2D eigenvalue weighted by molar-refractivity contribution is -0.122. The molecule has 0 aliphatic carbocycles. The van der Waals surface area contributed by atoms with Gasteiger partial charge in [0.05, 0.1) is 5.56 Å². The van der Waals surface area contributed by atoms with Crippen LogP contribution < -0.4 is 10.6 Å². The van der Waals surface area contributed by atoms with Crippen molar-refractivity contribution in [3.8, 4) is 0 Å². The van der Waals surface area contributed by atoms with Gasteiger partial charge in [-0.05, 0) is 47.5 Å². The van der Waals surface area contributed by atoms with Crippen LogP contribution in [0.2, 0.25) is 5.02 Å². The highest BCUT2D eigenvalue weighted by atomic mass is 79.9. The zero-order chi connectivity index (χ0) is 14.4. The van der Waals surface area contributed by atoms with E-state index in [1.165, 1.54) is 0 Å². The smallest absolute Gasteiger partial charge is 0.253 e. The Bertz CT molecular complexity index is 480. The average molecular weight is 348 g/mol. The second kappa shape index (κ2) is 7.50. The summed E-state index contributed by atoms with van der Waals surface area (Å²) < 4.78 is 0.596. The van der Waals surface area contributed by atoms with Gasteiger partial charge in [-0.1, -0.05) is 18.5 Å². The number of halogens is 2. The monoisotopic (exact) mass is 346 g/mol. The summed E-state index contributed by atoms with van der Waals surface area (Å²) in [7, 11) is 0. The van der Waals surface area contributed by atoms with Crippen LogP contribution in [0.1, 0.15) is 30.6 Å². The quantitative estimate of drug-likeness (QED) is 0.860. The van der Waals surface area contributed by atoms with E-state index in [9.17, 15) is 9.59 Å². The van der Waals surface area contributed by atoms with Crippen LogP contribution in [0.5, 0.6) is 0 Å². The Morgan fingerprint density at radius 3 is 2.68 bits per heavy atom. The third-order valence-electron chi connectivity index (χ3n) is 2.47. The lowest BCUT2D eigenvalue weighted by atomic mass is 10.2. The molecule has 0 saturated carbocycles. The molecule has 0 spiro atoms. The van der Waals surface area contributed by atoms with Crippen LogP contribution in [0, 0.1) is 0 Å². The maximum atomic E-state index is 12.0. The molecule has 0 saturated heterocycles. The normalized spacial score (nSPS) is 11.8. The summed E-state index contributed by atoms with van der Waals surface area (Å²) in [5, 5.41) is 5.91. The number of nitrogens with one attached hydrogen (secondary N) is 2. The molecular formula is C13H16BrClN2O2. The first-order chi connectivity index (χ1) is 8.95. The van der Waals surface area contributed by atoms with Crippen molar-refractivity contribution >= 4 is 39.3 Å². The van der Waals surface area contributed by atoms with Crippen molar-refractivity contribution in [1.29, 1.82) is 0 Å². The van der Waals surface area contributed by atoms with Crippen molar-refractivity contribution < 1.29 is 9.59 Å². The van der Waals surface area contributed by atoms with Gasteiger partial charge in [-0.15, -0.1) is 0 Å². The van der Waals surface area contributed by atoms with Crippen LogP contribution in [-0.4, -0.2) is 24.4 Å². The molecule has 0 aromatic heterocycles. The van der Waals surface area contributed by atoms with E-state index >= 15 is 0 Å². The highest BCUT2D eigenvalue weighted by Gasteiger charge is 2.17. The predicted octanol–water partition coefficient (Wildman–Crippen LogP) is 2.75. The molecule has 1 atom stereocenters. The lowest BCUT2D eigenvalue weighted by Gasteiger charge is -2.14. The van der Waals surface area contributed by atoms with Crippen LogP contribution >= 0.6 is 27.5 Å². The zero-order valence-electron chi connectivity index (χ0n) is 10.8. The fourth-order valence-electron chi connectivity index (χ4n) is 1.41. The molecule has 6 heteroatoms. The molecule has 0 bridgehead atoms. The van der Waals surface area contributed by atoms with Crippen LogP contribution in [-0.2, 0) is 4.79 Å². The van der Waals surface area contributed by atoms with Crippen LogP contribution in [0.4, 0.5) is 0 Å². The van der Waals surface area contributed by atoms with Gasteiger partial charge in [-0.25, -0.2) is 0 Å². The van der Waals surface area contributed by atoms with Crippen molar-refractivity contribution in [2.24, 2.45) is 0 Å². The standard InChI is InChI=1S/C13H16BrClN2O2/c1-3-6-16-12(18)8(2)17-13(19)10-5-4-9(15)7-11(10)14/h4-5,7-8H,3,6H2,1-2H3,(H,16,18)(H,17,19). The first-order valence-electron chi connectivity index (χ1n) is 5.99. The summed E-state index contributed by atoms with van der Waals surface area (Å²) in [5.74, 6) is -0.511. The lowest BCUT2D eigenvalue weighted by Crippen LogP contribution is -2.45. The summed E-state index contributed by atoms with van der Waals surface area (Å²) in [6.45, 7) is 4.21. The SMILES string of the molecule is CCCNC(=O)C(C)NC(=O)c1ccc(Cl)cc1Br. The van der Waals surface area contributed by atoms with E-state index in [1.807, 2.05) is 6.92 Å². The van der Waals surface area contributed by atoms with Crippen LogP contribution in [0.25, 0.3) is 0 Å². The molecule has 2 N–H and O–H groups in total. The van der Waals surface area contributed by atoms with E-state index in [0.29, 0.717) is 21.6 Å². The van der Waals surface area contributed by atoms with Crippen LogP contribution in [0.3, 0.4) is 0 Å². The second-order valence-electron chi connectivity index (χ2n) is 4.11. The minimum absolute atomic E-state index is 0.194. The van der Waals surface area contributed by atoms with Gasteiger partial charge >= 0.3 is 0 Å². The molecule has 19 heavy (non-hydrogen) atoms. The van der Waals surface area contributed by atoms with E-state index in [1.54, 1.807) is 25.1 Å². The van der Waals surface area contributed by atoms with Crippen molar-refractivity contribution in [3.05, 3.63) is 33.3 Å². The number of rotatable bonds is 5. The van der Waals surface area contributed by atoms with Crippen molar-refractivity contribution in [2.45, 2.75) is 26.3 Å². The van der Waals surface area contributed by atoms with Gasteiger partial charge in [0.25, 0.3) is 5.91 Å². The minimum Gasteiger partial charge on any atom is -0.354 e. The average Bonchev–Trinajstić information content (AvgIpc) is 2.35. The molecule has 2 amide bonds. The second-order valence-corrected chi connectivity index (χ2v) is 5.40. The van der Waals surface area contributed by atoms with E-state index in [4.69, 9.17) is 11.6 Å². The van der Waals surface area contributed by atoms with Crippen LogP contribution in [0.15, 0.2) is 22.7 Å². The highest BCUT2D eigenvalue weighted by molar-refractivity contribution is 9.10. The first-order valence-corrected chi connectivity index (χ1v) is 7.16. The van der Waals surface area contributed by atoms with E-state index in [-0.39, 0.29) is 11.8 Å². The van der Waals surface area contributed by atoms with Gasteiger partial charge in [0, 0.05) is 16.0 Å². The molecule has 1 aromatic rings. The Morgan fingerprint density at radius 2 is 2.11 bits per heavy atom. The number of hydrogen-bond acceptors (Lipinski definition) is 2. The maximum absolute atomic E-state index is 12.0. The Morgan fingerprint density at radius 1 is 1.42 bits per heavy atom. The summed E-state index contributed by atoms with van der Waals surface area (Å²) in [4.78, 5) is 23.7. The molecule has 0 heterocycles. The minimum atomic E-state index is -0.582.